The first-order valence-electron chi connectivity index (χ1n) is 15.8. The second kappa shape index (κ2) is 12.2. The minimum atomic E-state index is -2.49. The van der Waals surface area contributed by atoms with Crippen molar-refractivity contribution >= 4 is 5.97 Å². The first kappa shape index (κ1) is 33.2. The van der Waals surface area contributed by atoms with Gasteiger partial charge in [-0.1, -0.05) is 12.1 Å². The van der Waals surface area contributed by atoms with Crippen molar-refractivity contribution in [3.05, 3.63) is 59.2 Å². The topological polar surface area (TPSA) is 218 Å². The molecule has 3 aromatic carbocycles. The zero-order chi connectivity index (χ0) is 34.8. The van der Waals surface area contributed by atoms with Gasteiger partial charge >= 0.3 is 5.97 Å². The molecule has 3 aromatic rings. The van der Waals surface area contributed by atoms with Crippen molar-refractivity contribution in [3.8, 4) is 45.6 Å². The molecule has 8 atom stereocenters. The molecule has 2 fully saturated rings. The number of nitrogens with one attached hydrogen (secondary N) is 2. The largest absolute Gasteiger partial charge is 0.508 e. The number of methoxy groups -OCH3 is 2. The van der Waals surface area contributed by atoms with Crippen LogP contribution in [-0.2, 0) is 16.0 Å². The van der Waals surface area contributed by atoms with Crippen molar-refractivity contribution in [3.63, 3.8) is 0 Å². The summed E-state index contributed by atoms with van der Waals surface area (Å²) in [6.07, 6.45) is -6.06. The Kier molecular flexibility index (Phi) is 8.26. The molecule has 0 radical (unpaired) electrons. The van der Waals surface area contributed by atoms with Crippen molar-refractivity contribution < 1.29 is 63.9 Å². The number of aliphatic carboxylic acids is 1. The average Bonchev–Trinajstić information content (AvgIpc) is 3.48. The molecule has 49 heavy (non-hydrogen) atoms. The smallest absolute Gasteiger partial charge is 0.340 e. The average molecular weight is 683 g/mol. The molecule has 0 spiro atoms. The van der Waals surface area contributed by atoms with Crippen LogP contribution in [0.5, 0.6) is 34.5 Å². The first-order chi connectivity index (χ1) is 23.5. The highest BCUT2D eigenvalue weighted by Gasteiger charge is 2.71. The fourth-order valence-electron chi connectivity index (χ4n) is 7.61. The van der Waals surface area contributed by atoms with Crippen LogP contribution in [0.1, 0.15) is 28.7 Å². The van der Waals surface area contributed by atoms with Crippen molar-refractivity contribution in [2.45, 2.75) is 54.3 Å². The Bertz CT molecular complexity index is 1790. The van der Waals surface area contributed by atoms with Gasteiger partial charge in [0.2, 0.25) is 17.6 Å². The van der Waals surface area contributed by atoms with Crippen molar-refractivity contribution in [2.24, 2.45) is 0 Å². The summed E-state index contributed by atoms with van der Waals surface area (Å²) in [6.45, 7) is -0.0943. The molecule has 4 heterocycles. The molecule has 0 aromatic heterocycles. The van der Waals surface area contributed by atoms with Gasteiger partial charge < -0.3 is 64.4 Å². The molecule has 7 rings (SSSR count). The summed E-state index contributed by atoms with van der Waals surface area (Å²) >= 11 is 0. The van der Waals surface area contributed by atoms with Crippen LogP contribution in [0.3, 0.4) is 0 Å². The van der Waals surface area contributed by atoms with Gasteiger partial charge in [-0.2, -0.15) is 0 Å². The summed E-state index contributed by atoms with van der Waals surface area (Å²) in [5, 5.41) is 69.6. The van der Waals surface area contributed by atoms with Crippen LogP contribution < -0.4 is 34.3 Å². The van der Waals surface area contributed by atoms with Gasteiger partial charge in [-0.05, 0) is 54.4 Å². The molecule has 8 N–H and O–H groups in total. The van der Waals surface area contributed by atoms with E-state index >= 15 is 0 Å². The number of benzene rings is 3. The van der Waals surface area contributed by atoms with Crippen LogP contribution in [0.25, 0.3) is 11.1 Å². The SMILES string of the molecule is CN[C@@H]1CN[C@]2(O)[C@@H](O)[C@H](Oc3cc4c(c(-c5cccc(O)c5)c3)[C@@H]3Oc5c(OC)c(OC)cc(CCO)c5[C@H]3CO4)O[C@]1(C(=O)O)[C@H]2O. The van der Waals surface area contributed by atoms with E-state index in [1.165, 1.54) is 33.4 Å². The Morgan fingerprint density at radius 3 is 2.59 bits per heavy atom. The number of phenolic OH excluding ortho intramolecular Hbond substituents is 1. The number of aliphatic hydroxyl groups excluding tert-OH is 3. The highest BCUT2D eigenvalue weighted by Crippen LogP contribution is 2.59. The molecular weight excluding hydrogens is 644 g/mol. The lowest BCUT2D eigenvalue weighted by Gasteiger charge is -2.58. The molecule has 0 saturated carbocycles. The predicted molar refractivity (Wildman–Crippen MR) is 169 cm³/mol. The second-order valence-corrected chi connectivity index (χ2v) is 12.5. The van der Waals surface area contributed by atoms with Gasteiger partial charge in [-0.25, -0.2) is 4.79 Å². The summed E-state index contributed by atoms with van der Waals surface area (Å²) in [5.74, 6) is -0.210. The van der Waals surface area contributed by atoms with Crippen LogP contribution in [0.2, 0.25) is 0 Å². The number of carbonyl (C=O) groups is 1. The molecule has 15 heteroatoms. The highest BCUT2D eigenvalue weighted by molar-refractivity contribution is 5.81. The maximum atomic E-state index is 12.6. The number of likely N-dealkylation sites (N-methyl/N-ethyl adjacent to an activating group) is 1. The van der Waals surface area contributed by atoms with Gasteiger partial charge in [0.1, 0.15) is 29.5 Å². The van der Waals surface area contributed by atoms with Gasteiger partial charge in [-0.15, -0.1) is 0 Å². The monoisotopic (exact) mass is 682 g/mol. The molecular formula is C34H38N2O13. The van der Waals surface area contributed by atoms with Gasteiger partial charge in [0, 0.05) is 30.3 Å². The Balaban J connectivity index is 1.33. The molecule has 0 aliphatic carbocycles. The number of hydrogen-bond donors (Lipinski definition) is 8. The number of rotatable bonds is 9. The van der Waals surface area contributed by atoms with E-state index in [-0.39, 0.29) is 37.2 Å². The number of carboxylic acid groups (broad SMARTS) is 1. The molecule has 262 valence electrons. The van der Waals surface area contributed by atoms with Gasteiger partial charge in [0.15, 0.2) is 23.3 Å². The van der Waals surface area contributed by atoms with E-state index < -0.39 is 47.9 Å². The predicted octanol–water partition coefficient (Wildman–Crippen LogP) is 0.381. The van der Waals surface area contributed by atoms with Crippen LogP contribution >= 0.6 is 0 Å². The fraction of sp³-hybridized carbons (Fsp3) is 0.441. The molecule has 4 aliphatic rings. The maximum Gasteiger partial charge on any atom is 0.340 e. The molecule has 0 amide bonds. The summed E-state index contributed by atoms with van der Waals surface area (Å²) in [5.41, 5.74) is -1.58. The van der Waals surface area contributed by atoms with Crippen LogP contribution in [0.4, 0.5) is 0 Å². The minimum Gasteiger partial charge on any atom is -0.508 e. The van der Waals surface area contributed by atoms with Crippen LogP contribution in [0.15, 0.2) is 42.5 Å². The molecule has 0 unspecified atom stereocenters. The first-order valence-corrected chi connectivity index (χ1v) is 15.8. The van der Waals surface area contributed by atoms with E-state index in [0.29, 0.717) is 46.1 Å². The van der Waals surface area contributed by atoms with E-state index in [1.54, 1.807) is 24.3 Å². The molecule has 15 nitrogen and oxygen atoms in total. The lowest BCUT2D eigenvalue weighted by molar-refractivity contribution is -0.362. The zero-order valence-electron chi connectivity index (χ0n) is 26.9. The Labute approximate surface area is 280 Å². The van der Waals surface area contributed by atoms with Gasteiger partial charge in [-0.3, -0.25) is 5.32 Å². The van der Waals surface area contributed by atoms with Gasteiger partial charge in [0.05, 0.1) is 32.8 Å². The van der Waals surface area contributed by atoms with E-state index in [4.69, 9.17) is 28.4 Å². The van der Waals surface area contributed by atoms with Crippen LogP contribution in [-0.4, -0.2) is 114 Å². The lowest BCUT2D eigenvalue weighted by atomic mass is 9.74. The normalized spacial score (nSPS) is 31.0. The van der Waals surface area contributed by atoms with Crippen molar-refractivity contribution in [1.29, 1.82) is 0 Å². The third kappa shape index (κ3) is 4.87. The van der Waals surface area contributed by atoms with E-state index in [2.05, 4.69) is 10.6 Å². The number of carboxylic acids is 1. The standard InChI is InChI=1S/C34H38N2O13/c1-35-23-13-36-34(43)29(39)30(49-33(23,31(34)40)32(41)42)47-18-11-19(15-5-4-6-17(38)9-15)25-21(12-18)46-14-20-24-16(7-8-37)10-22(44-2)27(45-3)28(24)48-26(20)25/h4-6,9-12,20,23,26,29-31,35-40,43H,7-8,13-14H2,1-3H3,(H,41,42)/t20-,23-,26-,29+,30-,31-,33+,34+/m1/s1. The molecule has 2 bridgehead atoms. The number of phenols is 1. The quantitative estimate of drug-likeness (QED) is 0.153. The third-order valence-electron chi connectivity index (χ3n) is 9.97. The molecule has 2 saturated heterocycles. The number of piperidine rings is 1. The Morgan fingerprint density at radius 1 is 1.12 bits per heavy atom. The minimum absolute atomic E-state index is 0.0132. The van der Waals surface area contributed by atoms with Gasteiger partial charge in [0.25, 0.3) is 0 Å². The highest BCUT2D eigenvalue weighted by atomic mass is 16.7. The van der Waals surface area contributed by atoms with E-state index in [1.807, 2.05) is 6.07 Å². The Hall–Kier alpha value is -4.35. The van der Waals surface area contributed by atoms with E-state index in [9.17, 15) is 35.4 Å². The Morgan fingerprint density at radius 2 is 1.92 bits per heavy atom. The van der Waals surface area contributed by atoms with Crippen molar-refractivity contribution in [2.75, 3.05) is 41.0 Å². The maximum absolute atomic E-state index is 12.6. The third-order valence-corrected chi connectivity index (χ3v) is 9.97. The molecule has 4 aliphatic heterocycles. The number of aliphatic hydroxyl groups is 4. The summed E-state index contributed by atoms with van der Waals surface area (Å²) in [4.78, 5) is 12.6. The fourth-order valence-corrected chi connectivity index (χ4v) is 7.61. The zero-order valence-corrected chi connectivity index (χ0v) is 26.9. The lowest BCUT2D eigenvalue weighted by Crippen LogP contribution is -2.87. The van der Waals surface area contributed by atoms with E-state index in [0.717, 1.165) is 11.1 Å². The second-order valence-electron chi connectivity index (χ2n) is 12.5. The van der Waals surface area contributed by atoms with Crippen molar-refractivity contribution in [1.82, 2.24) is 10.6 Å². The number of aromatic hydroxyl groups is 1. The number of fused-ring (bicyclic) bond motifs is 7. The number of ether oxygens (including phenoxy) is 6. The summed E-state index contributed by atoms with van der Waals surface area (Å²) in [7, 11) is 4.51. The summed E-state index contributed by atoms with van der Waals surface area (Å²) in [6, 6.07) is 10.4. The summed E-state index contributed by atoms with van der Waals surface area (Å²) < 4.78 is 36.3. The van der Waals surface area contributed by atoms with Crippen LogP contribution in [0, 0.1) is 0 Å². The number of hydrogen-bond acceptors (Lipinski definition) is 14.